The van der Waals surface area contributed by atoms with Crippen molar-refractivity contribution in [3.63, 3.8) is 0 Å². The topological polar surface area (TPSA) is 53.9 Å². The first-order valence-corrected chi connectivity index (χ1v) is 8.56. The number of morpholine rings is 1. The van der Waals surface area contributed by atoms with Crippen molar-refractivity contribution in [3.05, 3.63) is 35.4 Å². The average molecular weight is 315 g/mol. The SMILES string of the molecule is O=C(NN=C1CCCCC1)c1ccc(CN2CCOCC2)cc1. The molecule has 0 spiro atoms. The van der Waals surface area contributed by atoms with Crippen LogP contribution in [0.4, 0.5) is 0 Å². The molecule has 2 fully saturated rings. The van der Waals surface area contributed by atoms with E-state index in [0.717, 1.165) is 51.4 Å². The van der Waals surface area contributed by atoms with Crippen molar-refractivity contribution in [2.24, 2.45) is 5.10 Å². The van der Waals surface area contributed by atoms with Gasteiger partial charge in [0.15, 0.2) is 0 Å². The van der Waals surface area contributed by atoms with Crippen molar-refractivity contribution in [2.75, 3.05) is 26.3 Å². The number of carbonyl (C=O) groups is 1. The summed E-state index contributed by atoms with van der Waals surface area (Å²) in [5.74, 6) is -0.124. The number of nitrogens with zero attached hydrogens (tertiary/aromatic N) is 2. The monoisotopic (exact) mass is 315 g/mol. The number of rotatable bonds is 4. The quantitative estimate of drug-likeness (QED) is 0.869. The first kappa shape index (κ1) is 16.1. The summed E-state index contributed by atoms with van der Waals surface area (Å²) in [5.41, 5.74) is 5.70. The van der Waals surface area contributed by atoms with E-state index in [9.17, 15) is 4.79 Å². The molecule has 1 saturated carbocycles. The highest BCUT2D eigenvalue weighted by Crippen LogP contribution is 2.14. The van der Waals surface area contributed by atoms with E-state index in [1.165, 1.54) is 24.8 Å². The molecule has 3 rings (SSSR count). The van der Waals surface area contributed by atoms with E-state index < -0.39 is 0 Å². The molecule has 23 heavy (non-hydrogen) atoms. The molecule has 1 aromatic carbocycles. The van der Waals surface area contributed by atoms with Gasteiger partial charge in [0.1, 0.15) is 0 Å². The van der Waals surface area contributed by atoms with Crippen LogP contribution in [0.3, 0.4) is 0 Å². The Morgan fingerprint density at radius 2 is 1.78 bits per heavy atom. The lowest BCUT2D eigenvalue weighted by Gasteiger charge is -2.26. The van der Waals surface area contributed by atoms with Gasteiger partial charge in [0.2, 0.25) is 0 Å². The van der Waals surface area contributed by atoms with Crippen LogP contribution in [-0.2, 0) is 11.3 Å². The summed E-state index contributed by atoms with van der Waals surface area (Å²) in [6, 6.07) is 7.81. The summed E-state index contributed by atoms with van der Waals surface area (Å²) in [5, 5.41) is 4.27. The summed E-state index contributed by atoms with van der Waals surface area (Å²) in [7, 11) is 0. The summed E-state index contributed by atoms with van der Waals surface area (Å²) >= 11 is 0. The molecule has 124 valence electrons. The molecule has 1 aliphatic heterocycles. The smallest absolute Gasteiger partial charge is 0.271 e. The van der Waals surface area contributed by atoms with Crippen LogP contribution in [0.15, 0.2) is 29.4 Å². The summed E-state index contributed by atoms with van der Waals surface area (Å²) in [6.07, 6.45) is 5.67. The Hall–Kier alpha value is -1.72. The number of hydrazone groups is 1. The molecule has 1 aromatic rings. The maximum absolute atomic E-state index is 12.1. The molecule has 1 aliphatic carbocycles. The molecule has 0 atom stereocenters. The molecular formula is C18H25N3O2. The number of benzene rings is 1. The van der Waals surface area contributed by atoms with E-state index in [4.69, 9.17) is 4.74 Å². The molecule has 0 radical (unpaired) electrons. The van der Waals surface area contributed by atoms with Gasteiger partial charge < -0.3 is 4.74 Å². The number of amides is 1. The zero-order valence-corrected chi connectivity index (χ0v) is 13.6. The minimum atomic E-state index is -0.124. The van der Waals surface area contributed by atoms with Crippen LogP contribution >= 0.6 is 0 Å². The molecule has 1 N–H and O–H groups in total. The van der Waals surface area contributed by atoms with Crippen LogP contribution < -0.4 is 5.43 Å². The first-order valence-electron chi connectivity index (χ1n) is 8.56. The fourth-order valence-electron chi connectivity index (χ4n) is 3.05. The number of hydrogen-bond acceptors (Lipinski definition) is 4. The molecule has 0 bridgehead atoms. The van der Waals surface area contributed by atoms with Gasteiger partial charge in [-0.3, -0.25) is 9.69 Å². The fourth-order valence-corrected chi connectivity index (χ4v) is 3.05. The van der Waals surface area contributed by atoms with Crippen LogP contribution in [0.2, 0.25) is 0 Å². The third-order valence-corrected chi connectivity index (χ3v) is 4.47. The minimum Gasteiger partial charge on any atom is -0.379 e. The molecule has 1 amide bonds. The molecule has 0 aromatic heterocycles. The molecular weight excluding hydrogens is 290 g/mol. The van der Waals surface area contributed by atoms with Crippen LogP contribution in [0.25, 0.3) is 0 Å². The van der Waals surface area contributed by atoms with E-state index in [2.05, 4.69) is 15.4 Å². The molecule has 1 heterocycles. The van der Waals surface area contributed by atoms with Gasteiger partial charge in [-0.25, -0.2) is 5.43 Å². The van der Waals surface area contributed by atoms with Crippen LogP contribution in [-0.4, -0.2) is 42.8 Å². The van der Waals surface area contributed by atoms with Crippen molar-refractivity contribution in [2.45, 2.75) is 38.6 Å². The Morgan fingerprint density at radius 3 is 2.48 bits per heavy atom. The molecule has 1 saturated heterocycles. The number of ether oxygens (including phenoxy) is 1. The van der Waals surface area contributed by atoms with Gasteiger partial charge in [-0.1, -0.05) is 18.6 Å². The summed E-state index contributed by atoms with van der Waals surface area (Å²) in [6.45, 7) is 4.47. The summed E-state index contributed by atoms with van der Waals surface area (Å²) in [4.78, 5) is 14.5. The van der Waals surface area contributed by atoms with Crippen LogP contribution in [0.1, 0.15) is 48.0 Å². The van der Waals surface area contributed by atoms with E-state index in [1.807, 2.05) is 24.3 Å². The Labute approximate surface area is 137 Å². The third kappa shape index (κ3) is 4.88. The number of nitrogens with one attached hydrogen (secondary N) is 1. The highest BCUT2D eigenvalue weighted by atomic mass is 16.5. The van der Waals surface area contributed by atoms with Gasteiger partial charge in [-0.2, -0.15) is 5.10 Å². The van der Waals surface area contributed by atoms with E-state index in [1.54, 1.807) is 0 Å². The lowest BCUT2D eigenvalue weighted by molar-refractivity contribution is 0.0342. The van der Waals surface area contributed by atoms with Crippen molar-refractivity contribution in [1.82, 2.24) is 10.3 Å². The van der Waals surface area contributed by atoms with Crippen molar-refractivity contribution < 1.29 is 9.53 Å². The number of hydrogen-bond donors (Lipinski definition) is 1. The summed E-state index contributed by atoms with van der Waals surface area (Å²) < 4.78 is 5.36. The highest BCUT2D eigenvalue weighted by Gasteiger charge is 2.12. The standard InChI is InChI=1S/C18H25N3O2/c22-18(20-19-17-4-2-1-3-5-17)16-8-6-15(7-9-16)14-21-10-12-23-13-11-21/h6-9H,1-5,10-14H2,(H,20,22). The second-order valence-electron chi connectivity index (χ2n) is 6.27. The Bertz CT molecular complexity index is 540. The van der Waals surface area contributed by atoms with Gasteiger partial charge >= 0.3 is 0 Å². The zero-order valence-electron chi connectivity index (χ0n) is 13.6. The lowest BCUT2D eigenvalue weighted by Crippen LogP contribution is -2.35. The number of carbonyl (C=O) groups excluding carboxylic acids is 1. The van der Waals surface area contributed by atoms with Crippen molar-refractivity contribution in [1.29, 1.82) is 0 Å². The third-order valence-electron chi connectivity index (χ3n) is 4.47. The van der Waals surface area contributed by atoms with Crippen molar-refractivity contribution >= 4 is 11.6 Å². The highest BCUT2D eigenvalue weighted by molar-refractivity contribution is 5.95. The Morgan fingerprint density at radius 1 is 1.09 bits per heavy atom. The normalized spacial score (nSPS) is 19.4. The second kappa shape index (κ2) is 8.22. The van der Waals surface area contributed by atoms with Crippen LogP contribution in [0.5, 0.6) is 0 Å². The van der Waals surface area contributed by atoms with Gasteiger partial charge in [0.25, 0.3) is 5.91 Å². The van der Waals surface area contributed by atoms with Gasteiger partial charge in [-0.15, -0.1) is 0 Å². The molecule has 5 heteroatoms. The molecule has 5 nitrogen and oxygen atoms in total. The van der Waals surface area contributed by atoms with Crippen LogP contribution in [0, 0.1) is 0 Å². The molecule has 2 aliphatic rings. The van der Waals surface area contributed by atoms with E-state index in [-0.39, 0.29) is 5.91 Å². The maximum Gasteiger partial charge on any atom is 0.271 e. The van der Waals surface area contributed by atoms with Gasteiger partial charge in [-0.05, 0) is 43.4 Å². The molecule has 0 unspecified atom stereocenters. The first-order chi connectivity index (χ1) is 11.3. The van der Waals surface area contributed by atoms with E-state index in [0.29, 0.717) is 5.56 Å². The maximum atomic E-state index is 12.1. The zero-order chi connectivity index (χ0) is 15.9. The largest absolute Gasteiger partial charge is 0.379 e. The Balaban J connectivity index is 1.52. The van der Waals surface area contributed by atoms with Crippen molar-refractivity contribution in [3.8, 4) is 0 Å². The van der Waals surface area contributed by atoms with Gasteiger partial charge in [0, 0.05) is 30.9 Å². The van der Waals surface area contributed by atoms with Gasteiger partial charge in [0.05, 0.1) is 13.2 Å². The minimum absolute atomic E-state index is 0.124. The lowest BCUT2D eigenvalue weighted by atomic mass is 9.99. The predicted octanol–water partition coefficient (Wildman–Crippen LogP) is 2.57. The second-order valence-corrected chi connectivity index (χ2v) is 6.27. The Kier molecular flexibility index (Phi) is 5.77. The fraction of sp³-hybridized carbons (Fsp3) is 0.556. The van der Waals surface area contributed by atoms with E-state index >= 15 is 0 Å². The average Bonchev–Trinajstić information content (AvgIpc) is 2.62. The predicted molar refractivity (Wildman–Crippen MR) is 90.5 cm³/mol.